The lowest BCUT2D eigenvalue weighted by molar-refractivity contribution is -0.117. The van der Waals surface area contributed by atoms with Crippen LogP contribution in [-0.4, -0.2) is 49.7 Å². The van der Waals surface area contributed by atoms with Crippen molar-refractivity contribution in [1.29, 1.82) is 0 Å². The molecule has 2 aromatic rings. The summed E-state index contributed by atoms with van der Waals surface area (Å²) in [6.45, 7) is 6.36. The molecular formula is C21H29N3O4S. The van der Waals surface area contributed by atoms with Gasteiger partial charge in [-0.3, -0.25) is 9.69 Å². The zero-order valence-corrected chi connectivity index (χ0v) is 17.9. The number of hydrogen-bond donors (Lipinski definition) is 1. The zero-order valence-electron chi connectivity index (χ0n) is 17.1. The van der Waals surface area contributed by atoms with Gasteiger partial charge < -0.3 is 9.73 Å². The Bertz CT molecular complexity index is 933. The van der Waals surface area contributed by atoms with Gasteiger partial charge in [-0.1, -0.05) is 25.1 Å². The maximum atomic E-state index is 12.6. The Hall–Kier alpha value is -2.16. The average Bonchev–Trinajstić information content (AvgIpc) is 3.36. The van der Waals surface area contributed by atoms with Crippen LogP contribution in [0.25, 0.3) is 0 Å². The van der Waals surface area contributed by atoms with Gasteiger partial charge in [0.2, 0.25) is 11.0 Å². The van der Waals surface area contributed by atoms with Crippen LogP contribution < -0.4 is 5.32 Å². The van der Waals surface area contributed by atoms with Gasteiger partial charge >= 0.3 is 0 Å². The molecule has 1 aromatic heterocycles. The van der Waals surface area contributed by atoms with Gasteiger partial charge in [-0.25, -0.2) is 8.42 Å². The molecule has 158 valence electrons. The number of nitrogens with one attached hydrogen (secondary N) is 1. The van der Waals surface area contributed by atoms with Crippen molar-refractivity contribution in [3.63, 3.8) is 0 Å². The Morgan fingerprint density at radius 1 is 1.17 bits per heavy atom. The van der Waals surface area contributed by atoms with Crippen LogP contribution >= 0.6 is 0 Å². The molecule has 0 aliphatic carbocycles. The van der Waals surface area contributed by atoms with E-state index in [0.717, 1.165) is 30.5 Å². The van der Waals surface area contributed by atoms with E-state index >= 15 is 0 Å². The molecule has 1 aliphatic heterocycles. The molecule has 0 saturated carbocycles. The largest absolute Gasteiger partial charge is 0.447 e. The molecule has 0 atom stereocenters. The number of furan rings is 1. The predicted octanol–water partition coefficient (Wildman–Crippen LogP) is 3.22. The Morgan fingerprint density at radius 3 is 2.59 bits per heavy atom. The second-order valence-electron chi connectivity index (χ2n) is 7.41. The van der Waals surface area contributed by atoms with Crippen molar-refractivity contribution in [1.82, 2.24) is 9.21 Å². The summed E-state index contributed by atoms with van der Waals surface area (Å²) in [5, 5.41) is 2.92. The van der Waals surface area contributed by atoms with Crippen LogP contribution in [0.5, 0.6) is 0 Å². The number of carbonyl (C=O) groups is 1. The van der Waals surface area contributed by atoms with Crippen LogP contribution in [0.2, 0.25) is 0 Å². The van der Waals surface area contributed by atoms with Gasteiger partial charge in [0.1, 0.15) is 5.76 Å². The molecule has 3 rings (SSSR count). The number of benzene rings is 1. The first-order valence-electron chi connectivity index (χ1n) is 10.1. The first kappa shape index (κ1) is 21.5. The molecule has 29 heavy (non-hydrogen) atoms. The van der Waals surface area contributed by atoms with Crippen LogP contribution in [0, 0.1) is 6.92 Å². The third-order valence-electron chi connectivity index (χ3n) is 5.00. The summed E-state index contributed by atoms with van der Waals surface area (Å²) in [6.07, 6.45) is 2.64. The van der Waals surface area contributed by atoms with Gasteiger partial charge in [0.15, 0.2) is 0 Å². The third-order valence-corrected chi connectivity index (χ3v) is 6.77. The number of para-hydroxylation sites is 1. The highest BCUT2D eigenvalue weighted by Crippen LogP contribution is 2.23. The van der Waals surface area contributed by atoms with Crippen LogP contribution in [0.4, 0.5) is 5.69 Å². The van der Waals surface area contributed by atoms with E-state index in [-0.39, 0.29) is 17.5 Å². The van der Waals surface area contributed by atoms with E-state index < -0.39 is 10.0 Å². The molecule has 1 amide bonds. The first-order valence-corrected chi connectivity index (χ1v) is 11.5. The number of rotatable bonds is 9. The summed E-state index contributed by atoms with van der Waals surface area (Å²) in [5.74, 6) is 0.434. The average molecular weight is 420 g/mol. The molecular weight excluding hydrogens is 390 g/mol. The number of carbonyl (C=O) groups excluding carboxylic acids is 1. The van der Waals surface area contributed by atoms with Crippen molar-refractivity contribution in [2.75, 3.05) is 31.5 Å². The Morgan fingerprint density at radius 2 is 1.90 bits per heavy atom. The normalized spacial score (nSPS) is 15.1. The Kier molecular flexibility index (Phi) is 7.10. The van der Waals surface area contributed by atoms with E-state index in [1.807, 2.05) is 43.0 Å². The highest BCUT2D eigenvalue weighted by atomic mass is 32.2. The molecule has 1 fully saturated rings. The molecule has 0 unspecified atom stereocenters. The number of anilines is 1. The predicted molar refractivity (Wildman–Crippen MR) is 112 cm³/mol. The fourth-order valence-corrected chi connectivity index (χ4v) is 4.94. The van der Waals surface area contributed by atoms with Crippen molar-refractivity contribution in [2.45, 2.75) is 44.7 Å². The van der Waals surface area contributed by atoms with Crippen molar-refractivity contribution in [2.24, 2.45) is 0 Å². The van der Waals surface area contributed by atoms with Crippen molar-refractivity contribution < 1.29 is 17.6 Å². The summed E-state index contributed by atoms with van der Waals surface area (Å²) in [6, 6.07) is 10.8. The first-order chi connectivity index (χ1) is 13.9. The monoisotopic (exact) mass is 419 g/mol. The Balaban J connectivity index is 1.64. The van der Waals surface area contributed by atoms with E-state index in [1.54, 1.807) is 6.07 Å². The number of nitrogens with zero attached hydrogens (tertiary/aromatic N) is 2. The van der Waals surface area contributed by atoms with E-state index in [9.17, 15) is 13.2 Å². The second kappa shape index (κ2) is 9.56. The van der Waals surface area contributed by atoms with Gasteiger partial charge in [0.05, 0.1) is 13.1 Å². The highest BCUT2D eigenvalue weighted by Gasteiger charge is 2.30. The SMILES string of the molecule is CCCN(CC(=O)Nc1ccccc1C)Cc1ccc(S(=O)(=O)N2CCCC2)o1. The lowest BCUT2D eigenvalue weighted by Crippen LogP contribution is -2.33. The molecule has 1 N–H and O–H groups in total. The number of sulfonamides is 1. The molecule has 0 spiro atoms. The third kappa shape index (κ3) is 5.46. The molecule has 1 saturated heterocycles. The van der Waals surface area contributed by atoms with E-state index in [1.165, 1.54) is 10.4 Å². The number of amides is 1. The molecule has 8 heteroatoms. The van der Waals surface area contributed by atoms with Gasteiger partial charge in [-0.2, -0.15) is 4.31 Å². The summed E-state index contributed by atoms with van der Waals surface area (Å²) >= 11 is 0. The fourth-order valence-electron chi connectivity index (χ4n) is 3.49. The summed E-state index contributed by atoms with van der Waals surface area (Å²) in [5.41, 5.74) is 1.80. The second-order valence-corrected chi connectivity index (χ2v) is 9.27. The van der Waals surface area contributed by atoms with Crippen LogP contribution in [0.3, 0.4) is 0 Å². The lowest BCUT2D eigenvalue weighted by Gasteiger charge is -2.20. The number of aryl methyl sites for hydroxylation is 1. The van der Waals surface area contributed by atoms with Crippen molar-refractivity contribution in [3.8, 4) is 0 Å². The summed E-state index contributed by atoms with van der Waals surface area (Å²) < 4.78 is 32.4. The summed E-state index contributed by atoms with van der Waals surface area (Å²) in [4.78, 5) is 14.4. The smallest absolute Gasteiger partial charge is 0.276 e. The van der Waals surface area contributed by atoms with Gasteiger partial charge in [-0.15, -0.1) is 0 Å². The minimum atomic E-state index is -3.57. The van der Waals surface area contributed by atoms with E-state index in [2.05, 4.69) is 5.32 Å². The van der Waals surface area contributed by atoms with E-state index in [0.29, 0.717) is 31.9 Å². The van der Waals surface area contributed by atoms with Gasteiger partial charge in [-0.05, 0) is 56.5 Å². The summed E-state index contributed by atoms with van der Waals surface area (Å²) in [7, 11) is -3.57. The molecule has 7 nitrogen and oxygen atoms in total. The van der Waals surface area contributed by atoms with Gasteiger partial charge in [0, 0.05) is 18.8 Å². The molecule has 1 aromatic carbocycles. The topological polar surface area (TPSA) is 82.9 Å². The van der Waals surface area contributed by atoms with E-state index in [4.69, 9.17) is 4.42 Å². The standard InChI is InChI=1S/C21H29N3O4S/c1-3-12-23(16-20(25)22-19-9-5-4-8-17(19)2)15-18-10-11-21(28-18)29(26,27)24-13-6-7-14-24/h4-5,8-11H,3,6-7,12-16H2,1-2H3,(H,22,25). The Labute approximate surface area is 172 Å². The molecule has 0 bridgehead atoms. The number of hydrogen-bond acceptors (Lipinski definition) is 5. The maximum Gasteiger partial charge on any atom is 0.276 e. The van der Waals surface area contributed by atoms with Crippen LogP contribution in [-0.2, 0) is 21.4 Å². The maximum absolute atomic E-state index is 12.6. The van der Waals surface area contributed by atoms with Crippen LogP contribution in [0.1, 0.15) is 37.5 Å². The molecule has 1 aliphatic rings. The highest BCUT2D eigenvalue weighted by molar-refractivity contribution is 7.89. The quantitative estimate of drug-likeness (QED) is 0.675. The molecule has 2 heterocycles. The van der Waals surface area contributed by atoms with Crippen LogP contribution in [0.15, 0.2) is 45.9 Å². The fraction of sp³-hybridized carbons (Fsp3) is 0.476. The molecule has 0 radical (unpaired) electrons. The minimum Gasteiger partial charge on any atom is -0.447 e. The van der Waals surface area contributed by atoms with Crippen molar-refractivity contribution >= 4 is 21.6 Å². The zero-order chi connectivity index (χ0) is 20.9. The lowest BCUT2D eigenvalue weighted by atomic mass is 10.2. The van der Waals surface area contributed by atoms with Gasteiger partial charge in [0.25, 0.3) is 10.0 Å². The minimum absolute atomic E-state index is 0.0183. The van der Waals surface area contributed by atoms with Crippen molar-refractivity contribution in [3.05, 3.63) is 47.7 Å².